The van der Waals surface area contributed by atoms with Crippen molar-refractivity contribution in [3.63, 3.8) is 0 Å². The third kappa shape index (κ3) is 4.09. The van der Waals surface area contributed by atoms with Crippen molar-refractivity contribution in [1.29, 1.82) is 0 Å². The minimum absolute atomic E-state index is 0.285. The summed E-state index contributed by atoms with van der Waals surface area (Å²) >= 11 is 0. The molecule has 1 heterocycles. The van der Waals surface area contributed by atoms with Gasteiger partial charge in [0.05, 0.1) is 18.2 Å². The van der Waals surface area contributed by atoms with Crippen molar-refractivity contribution in [1.82, 2.24) is 5.48 Å². The maximum absolute atomic E-state index is 10.1. The predicted octanol–water partition coefficient (Wildman–Crippen LogP) is 1.81. The van der Waals surface area contributed by atoms with Crippen molar-refractivity contribution >= 4 is 0 Å². The molecule has 5 heteroatoms. The molecule has 0 fully saturated rings. The second-order valence-electron chi connectivity index (χ2n) is 5.48. The Balaban J connectivity index is 1.94. The molecule has 0 aliphatic carbocycles. The summed E-state index contributed by atoms with van der Waals surface area (Å²) in [5.41, 5.74) is 3.27. The van der Waals surface area contributed by atoms with Gasteiger partial charge in [-0.3, -0.25) is 4.84 Å². The van der Waals surface area contributed by atoms with E-state index in [1.807, 2.05) is 32.9 Å². The number of hydroxylamine groups is 1. The average molecular weight is 267 g/mol. The molecule has 1 aromatic rings. The molecular weight excluding hydrogens is 246 g/mol. The molecule has 19 heavy (non-hydrogen) atoms. The van der Waals surface area contributed by atoms with E-state index in [0.717, 1.165) is 11.3 Å². The van der Waals surface area contributed by atoms with Crippen molar-refractivity contribution in [2.24, 2.45) is 0 Å². The van der Waals surface area contributed by atoms with Crippen LogP contribution in [0.1, 0.15) is 32.4 Å². The summed E-state index contributed by atoms with van der Waals surface area (Å²) in [6.45, 7) is 7.24. The number of benzene rings is 1. The second-order valence-corrected chi connectivity index (χ2v) is 5.48. The van der Waals surface area contributed by atoms with Gasteiger partial charge in [0.15, 0.2) is 11.5 Å². The smallest absolute Gasteiger partial charge is 0.161 e. The summed E-state index contributed by atoms with van der Waals surface area (Å²) in [6.07, 6.45) is -0.654. The minimum atomic E-state index is -0.654. The van der Waals surface area contributed by atoms with Gasteiger partial charge in [-0.2, -0.15) is 5.48 Å². The number of hydrogen-bond donors (Lipinski definition) is 2. The molecule has 0 amide bonds. The summed E-state index contributed by atoms with van der Waals surface area (Å²) in [5.74, 6) is 1.40. The lowest BCUT2D eigenvalue weighted by atomic mass is 10.1. The zero-order valence-electron chi connectivity index (χ0n) is 11.6. The number of aliphatic hydroxyl groups excluding tert-OH is 1. The highest BCUT2D eigenvalue weighted by Gasteiger charge is 2.16. The number of rotatable bonds is 4. The van der Waals surface area contributed by atoms with Crippen molar-refractivity contribution in [2.75, 3.05) is 19.8 Å². The van der Waals surface area contributed by atoms with E-state index in [1.165, 1.54) is 0 Å². The van der Waals surface area contributed by atoms with Gasteiger partial charge in [-0.05, 0) is 38.5 Å². The van der Waals surface area contributed by atoms with Crippen molar-refractivity contribution in [2.45, 2.75) is 32.5 Å². The molecule has 0 aromatic heterocycles. The lowest BCUT2D eigenvalue weighted by Crippen LogP contribution is -2.32. The van der Waals surface area contributed by atoms with E-state index in [0.29, 0.717) is 25.5 Å². The number of fused-ring (bicyclic) bond motifs is 1. The Kier molecular flexibility index (Phi) is 4.29. The first-order valence-corrected chi connectivity index (χ1v) is 6.44. The average Bonchev–Trinajstić information content (AvgIpc) is 2.36. The first kappa shape index (κ1) is 14.1. The molecule has 2 N–H and O–H groups in total. The fourth-order valence-corrected chi connectivity index (χ4v) is 1.72. The van der Waals surface area contributed by atoms with Crippen LogP contribution in [0.3, 0.4) is 0 Å². The Bertz CT molecular complexity index is 428. The lowest BCUT2D eigenvalue weighted by Gasteiger charge is -2.22. The van der Waals surface area contributed by atoms with Crippen LogP contribution in [0, 0.1) is 0 Å². The van der Waals surface area contributed by atoms with Gasteiger partial charge in [-0.15, -0.1) is 0 Å². The highest BCUT2D eigenvalue weighted by Crippen LogP contribution is 2.32. The Hall–Kier alpha value is -1.30. The lowest BCUT2D eigenvalue weighted by molar-refractivity contribution is -0.0835. The monoisotopic (exact) mass is 267 g/mol. The zero-order chi connectivity index (χ0) is 13.9. The van der Waals surface area contributed by atoms with Gasteiger partial charge in [0.1, 0.15) is 13.2 Å². The van der Waals surface area contributed by atoms with Gasteiger partial charge in [-0.1, -0.05) is 6.07 Å². The third-order valence-corrected chi connectivity index (χ3v) is 2.61. The Morgan fingerprint density at radius 3 is 2.63 bits per heavy atom. The molecule has 1 aliphatic rings. The van der Waals surface area contributed by atoms with Crippen LogP contribution in [0.15, 0.2) is 18.2 Å². The maximum atomic E-state index is 10.1. The van der Waals surface area contributed by atoms with Crippen LogP contribution in [0.5, 0.6) is 11.5 Å². The molecule has 0 saturated carbocycles. The fourth-order valence-electron chi connectivity index (χ4n) is 1.72. The largest absolute Gasteiger partial charge is 0.486 e. The quantitative estimate of drug-likeness (QED) is 0.815. The maximum Gasteiger partial charge on any atom is 0.161 e. The third-order valence-electron chi connectivity index (χ3n) is 2.61. The van der Waals surface area contributed by atoms with E-state index in [4.69, 9.17) is 14.3 Å². The number of ether oxygens (including phenoxy) is 2. The van der Waals surface area contributed by atoms with Crippen molar-refractivity contribution < 1.29 is 19.4 Å². The van der Waals surface area contributed by atoms with Gasteiger partial charge in [-0.25, -0.2) is 0 Å². The number of nitrogens with one attached hydrogen (secondary N) is 1. The molecule has 106 valence electrons. The van der Waals surface area contributed by atoms with Crippen LogP contribution in [0.25, 0.3) is 0 Å². The molecule has 0 bridgehead atoms. The van der Waals surface area contributed by atoms with Gasteiger partial charge in [0.2, 0.25) is 0 Å². The molecule has 0 spiro atoms. The molecule has 1 unspecified atom stereocenters. The van der Waals surface area contributed by atoms with Gasteiger partial charge >= 0.3 is 0 Å². The Labute approximate surface area is 113 Å². The topological polar surface area (TPSA) is 60.0 Å². The van der Waals surface area contributed by atoms with E-state index in [2.05, 4.69) is 5.48 Å². The molecule has 5 nitrogen and oxygen atoms in total. The Morgan fingerprint density at radius 2 is 1.95 bits per heavy atom. The van der Waals surface area contributed by atoms with E-state index < -0.39 is 6.10 Å². The van der Waals surface area contributed by atoms with Crippen molar-refractivity contribution in [3.8, 4) is 11.5 Å². The first-order valence-electron chi connectivity index (χ1n) is 6.44. The van der Waals surface area contributed by atoms with Crippen LogP contribution in [0.2, 0.25) is 0 Å². The molecule has 1 aliphatic heterocycles. The fraction of sp³-hybridized carbons (Fsp3) is 0.571. The van der Waals surface area contributed by atoms with Crippen LogP contribution in [-0.4, -0.2) is 30.5 Å². The summed E-state index contributed by atoms with van der Waals surface area (Å²) in [5, 5.41) is 10.1. The van der Waals surface area contributed by atoms with Crippen LogP contribution >= 0.6 is 0 Å². The van der Waals surface area contributed by atoms with Gasteiger partial charge in [0.25, 0.3) is 0 Å². The molecule has 1 aromatic carbocycles. The summed E-state index contributed by atoms with van der Waals surface area (Å²) in [7, 11) is 0. The van der Waals surface area contributed by atoms with E-state index >= 15 is 0 Å². The minimum Gasteiger partial charge on any atom is -0.486 e. The molecular formula is C14H21NO4. The summed E-state index contributed by atoms with van der Waals surface area (Å²) < 4.78 is 10.9. The van der Waals surface area contributed by atoms with Crippen molar-refractivity contribution in [3.05, 3.63) is 23.8 Å². The standard InChI is InChI=1S/C14H21NO4/c1-14(2,3)19-15-9-11(16)10-4-5-12-13(8-10)18-7-6-17-12/h4-5,8,11,15-16H,6-7,9H2,1-3H3. The van der Waals surface area contributed by atoms with E-state index in [9.17, 15) is 5.11 Å². The second kappa shape index (κ2) is 5.77. The van der Waals surface area contributed by atoms with Crippen LogP contribution in [-0.2, 0) is 4.84 Å². The van der Waals surface area contributed by atoms with E-state index in [1.54, 1.807) is 6.07 Å². The highest BCUT2D eigenvalue weighted by atomic mass is 16.7. The summed E-state index contributed by atoms with van der Waals surface area (Å²) in [4.78, 5) is 5.37. The highest BCUT2D eigenvalue weighted by molar-refractivity contribution is 5.44. The van der Waals surface area contributed by atoms with Crippen LogP contribution in [0.4, 0.5) is 0 Å². The number of hydrogen-bond acceptors (Lipinski definition) is 5. The van der Waals surface area contributed by atoms with Gasteiger partial charge < -0.3 is 14.6 Å². The zero-order valence-corrected chi connectivity index (χ0v) is 11.6. The predicted molar refractivity (Wildman–Crippen MR) is 71.2 cm³/mol. The molecule has 1 atom stereocenters. The summed E-state index contributed by atoms with van der Waals surface area (Å²) in [6, 6.07) is 5.45. The Morgan fingerprint density at radius 1 is 1.26 bits per heavy atom. The van der Waals surface area contributed by atoms with E-state index in [-0.39, 0.29) is 5.60 Å². The molecule has 2 rings (SSSR count). The molecule has 0 radical (unpaired) electrons. The normalized spacial score (nSPS) is 16.2. The first-order chi connectivity index (χ1) is 8.96. The number of aliphatic hydroxyl groups is 1. The SMILES string of the molecule is CC(C)(C)ONCC(O)c1ccc2c(c1)OCCO2. The van der Waals surface area contributed by atoms with Crippen LogP contribution < -0.4 is 15.0 Å². The molecule has 0 saturated heterocycles. The van der Waals surface area contributed by atoms with Gasteiger partial charge in [0, 0.05) is 0 Å².